The van der Waals surface area contributed by atoms with Crippen LogP contribution in [0.2, 0.25) is 0 Å². The van der Waals surface area contributed by atoms with E-state index in [1.54, 1.807) is 60.7 Å². The maximum Gasteiger partial charge on any atom is 0.336 e. The molecule has 25 heteroatoms. The Balaban J connectivity index is 0.000000128. The van der Waals surface area contributed by atoms with Gasteiger partial charge >= 0.3 is 22.5 Å². The molecule has 0 aliphatic carbocycles. The van der Waals surface area contributed by atoms with E-state index in [0.717, 1.165) is 138 Å². The Morgan fingerprint density at radius 2 is 0.544 bits per heavy atom. The van der Waals surface area contributed by atoms with Gasteiger partial charge in [-0.15, -0.1) is 0 Å². The molecule has 12 aromatic carbocycles. The molecule has 0 N–H and O–H groups in total. The number of carbonyl (C=O) groups excluding carboxylic acids is 4. The molecule has 0 radical (unpaired) electrons. The second kappa shape index (κ2) is 45.1. The summed E-state index contributed by atoms with van der Waals surface area (Å²) in [5.41, 5.74) is 12.5. The van der Waals surface area contributed by atoms with Gasteiger partial charge in [0.25, 0.3) is 0 Å². The minimum atomic E-state index is -0.446. The number of fused-ring (bicyclic) bond motifs is 12. The first-order valence-electron chi connectivity index (χ1n) is 48.9. The number of rotatable bonds is 31. The maximum absolute atomic E-state index is 13.9. The lowest BCUT2D eigenvalue weighted by Crippen LogP contribution is -2.45. The second-order valence-electron chi connectivity index (χ2n) is 37.4. The topological polar surface area (TPSA) is 295 Å². The van der Waals surface area contributed by atoms with Gasteiger partial charge in [0, 0.05) is 136 Å². The van der Waals surface area contributed by atoms with E-state index in [1.165, 1.54) is 24.3 Å². The lowest BCUT2D eigenvalue weighted by molar-refractivity contribution is 0.100. The van der Waals surface area contributed by atoms with Crippen LogP contribution < -0.4 is 41.4 Å². The third kappa shape index (κ3) is 22.6. The Morgan fingerprint density at radius 3 is 0.830 bits per heavy atom. The lowest BCUT2D eigenvalue weighted by Gasteiger charge is -2.32. The van der Waals surface area contributed by atoms with Crippen LogP contribution in [0.3, 0.4) is 0 Å². The number of nitrogens with zero attached hydrogens (tertiary/aromatic N) is 5. The number of furan rings is 4. The fraction of sp³-hybridized carbons (Fsp3) is 0.213. The number of hydrogen-bond donors (Lipinski definition) is 0. The smallest absolute Gasteiger partial charge is 0.336 e. The van der Waals surface area contributed by atoms with Gasteiger partial charge in [0.15, 0.2) is 23.0 Å². The quantitative estimate of drug-likeness (QED) is 0.0221. The highest BCUT2D eigenvalue weighted by Crippen LogP contribution is 2.47. The number of ketones is 4. The van der Waals surface area contributed by atoms with Crippen molar-refractivity contribution in [3.63, 3.8) is 0 Å². The minimum absolute atomic E-state index is 0.188. The number of unbranched alkanes of at least 4 members (excludes halogenated alkanes) is 1. The molecular weight excluding hydrogens is 1860 g/mol. The van der Waals surface area contributed by atoms with E-state index in [-0.39, 0.29) is 46.2 Å². The van der Waals surface area contributed by atoms with Crippen molar-refractivity contribution < 1.29 is 73.5 Å². The largest absolute Gasteiger partial charge is 0.494 e. The van der Waals surface area contributed by atoms with Gasteiger partial charge in [-0.2, -0.15) is 0 Å². The van der Waals surface area contributed by atoms with Crippen LogP contribution >= 0.6 is 0 Å². The Hall–Kier alpha value is -16.7. The molecule has 9 heterocycles. The highest BCUT2D eigenvalue weighted by molar-refractivity contribution is 6.24. The molecule has 744 valence electrons. The highest BCUT2D eigenvalue weighted by Gasteiger charge is 2.33. The van der Waals surface area contributed by atoms with Crippen LogP contribution in [-0.2, 0) is 0 Å². The maximum atomic E-state index is 13.9. The van der Waals surface area contributed by atoms with Gasteiger partial charge in [0.05, 0.1) is 34.8 Å². The first kappa shape index (κ1) is 100. The average Bonchev–Trinajstić information content (AvgIpc) is 1.61. The number of hydrogen-bond acceptors (Lipinski definition) is 25. The molecule has 20 aromatic rings. The van der Waals surface area contributed by atoms with E-state index in [4.69, 9.17) is 54.3 Å². The molecule has 21 rings (SSSR count). The fourth-order valence-electron chi connectivity index (χ4n) is 18.4. The monoisotopic (exact) mass is 1970 g/mol. The Labute approximate surface area is 846 Å². The molecule has 1 saturated heterocycles. The predicted molar refractivity (Wildman–Crippen MR) is 575 cm³/mol. The highest BCUT2D eigenvalue weighted by atomic mass is 16.5. The summed E-state index contributed by atoms with van der Waals surface area (Å²) in [5, 5.41) is 5.64. The summed E-state index contributed by atoms with van der Waals surface area (Å²) in [4.78, 5) is 115. The van der Waals surface area contributed by atoms with Gasteiger partial charge in [-0.05, 0) is 244 Å². The summed E-state index contributed by atoms with van der Waals surface area (Å²) < 4.78 is 71.0. The van der Waals surface area contributed by atoms with Crippen LogP contribution in [-0.4, -0.2) is 176 Å². The van der Waals surface area contributed by atoms with Gasteiger partial charge in [-0.1, -0.05) is 170 Å². The normalized spacial score (nSPS) is 12.3. The Morgan fingerprint density at radius 1 is 0.279 bits per heavy atom. The molecule has 0 saturated carbocycles. The van der Waals surface area contributed by atoms with E-state index >= 15 is 0 Å². The minimum Gasteiger partial charge on any atom is -0.494 e. The van der Waals surface area contributed by atoms with Gasteiger partial charge in [0.2, 0.25) is 23.1 Å². The molecule has 1 aliphatic heterocycles. The van der Waals surface area contributed by atoms with Crippen molar-refractivity contribution in [1.29, 1.82) is 0 Å². The third-order valence-corrected chi connectivity index (χ3v) is 25.9. The lowest BCUT2D eigenvalue weighted by atomic mass is 9.96. The number of piperazine rings is 1. The molecule has 0 unspecified atom stereocenters. The number of benzene rings is 12. The Bertz CT molecular complexity index is 8530. The molecule has 0 amide bonds. The van der Waals surface area contributed by atoms with Crippen LogP contribution in [0.5, 0.6) is 23.0 Å². The Kier molecular flexibility index (Phi) is 30.8. The van der Waals surface area contributed by atoms with E-state index < -0.39 is 22.5 Å². The number of ether oxygens (including phenoxy) is 4. The van der Waals surface area contributed by atoms with Crippen LogP contribution in [0, 0.1) is 27.7 Å². The molecule has 25 nitrogen and oxygen atoms in total. The van der Waals surface area contributed by atoms with Crippen molar-refractivity contribution in [3.05, 3.63) is 400 Å². The van der Waals surface area contributed by atoms with E-state index in [2.05, 4.69) is 40.7 Å². The molecule has 0 atom stereocenters. The second-order valence-corrected chi connectivity index (χ2v) is 37.4. The number of aryl methyl sites for hydroxylation is 4. The average molecular weight is 1970 g/mol. The molecular formula is C122H111N5O20. The summed E-state index contributed by atoms with van der Waals surface area (Å²) >= 11 is 0. The summed E-state index contributed by atoms with van der Waals surface area (Å²) in [6, 6.07) is 87.3. The van der Waals surface area contributed by atoms with Crippen molar-refractivity contribution in [2.75, 3.05) is 128 Å². The predicted octanol–water partition coefficient (Wildman–Crippen LogP) is 23.6. The van der Waals surface area contributed by atoms with Crippen LogP contribution in [0.15, 0.2) is 346 Å². The molecule has 0 spiro atoms. The number of carbonyl (C=O) groups is 4. The first-order valence-corrected chi connectivity index (χ1v) is 48.9. The summed E-state index contributed by atoms with van der Waals surface area (Å²) in [5.74, 6) is 2.21. The molecule has 1 aliphatic rings. The fourth-order valence-corrected chi connectivity index (χ4v) is 18.4. The molecule has 0 bridgehead atoms. The van der Waals surface area contributed by atoms with Gasteiger partial charge < -0.3 is 73.9 Å². The zero-order valence-corrected chi connectivity index (χ0v) is 83.7. The van der Waals surface area contributed by atoms with E-state index in [9.17, 15) is 38.4 Å². The first-order chi connectivity index (χ1) is 71.2. The van der Waals surface area contributed by atoms with Crippen LogP contribution in [0.1, 0.15) is 106 Å². The standard InChI is InChI=1S/C32H30N2O5.C31H29NO5.C30H27NO5.C29H25NO5/c1-21-19-27(35)39-31-25(21)11-12-26-29(31)28(22-7-4-3-5-8-22)32(38-26)30(36)23-9-6-10-24(20-23)37-18-17-34-15-13-33(2)14-16-34;1-20-18-26(33)37-30-24(20)14-15-25-28(30)27(21-10-5-4-6-11-21)31(36-25)29(34)22-12-9-13-23(19-22)35-17-8-7-16-32(2)3;1-19-17-25(32)36-29-23(19)13-14-24-27(29)26(20-9-5-4-6-10-20)30(35-24)28(33)21-11-7-12-22(18-21)34-16-8-15-31(2)3;1-18-16-24(31)35-28-22(18)12-13-23-26(28)25(19-8-5-4-6-9-19)29(34-23)27(32)20-10-7-11-21(17-20)33-15-14-30(2)3/h3-12,19-20H,13-18H2,1-2H3;4-6,9-15,18-19H,7-8,16-17H2,1-3H3;4-7,9-14,17-18H,8,15-16H2,1-3H3;4-13,16-17H,14-15H2,1-3H3. The van der Waals surface area contributed by atoms with Gasteiger partial charge in [-0.25, -0.2) is 19.2 Å². The molecule has 1 fully saturated rings. The summed E-state index contributed by atoms with van der Waals surface area (Å²) in [6.45, 7) is 17.4. The summed E-state index contributed by atoms with van der Waals surface area (Å²) in [6.07, 6.45) is 2.84. The zero-order chi connectivity index (χ0) is 103. The third-order valence-electron chi connectivity index (χ3n) is 25.9. The van der Waals surface area contributed by atoms with Crippen molar-refractivity contribution >= 4 is 111 Å². The van der Waals surface area contributed by atoms with Gasteiger partial charge in [0.1, 0.15) is 80.9 Å². The summed E-state index contributed by atoms with van der Waals surface area (Å²) in [7, 11) is 14.2. The number of likely N-dealkylation sites (N-methyl/N-ethyl adjacent to an activating group) is 2. The van der Waals surface area contributed by atoms with Crippen molar-refractivity contribution in [1.82, 2.24) is 24.5 Å². The SMILES string of the molecule is Cc1cc(=O)oc2c1ccc1oc(C(=O)c3cccc(OCCCCN(C)C)c3)c(-c3ccccc3)c12.Cc1cc(=O)oc2c1ccc1oc(C(=O)c3cccc(OCCCN(C)C)c3)c(-c3ccccc3)c12.Cc1cc(=O)oc2c1ccc1oc(C(=O)c3cccc(OCCN(C)C)c3)c(-c3ccccc3)c12.Cc1cc(=O)oc2c1ccc1oc(C(=O)c3cccc(OCCN4CCN(C)CC4)c3)c(-c3ccccc3)c12. The van der Waals surface area contributed by atoms with E-state index in [0.29, 0.717) is 160 Å². The molecule has 147 heavy (non-hydrogen) atoms. The van der Waals surface area contributed by atoms with Crippen LogP contribution in [0.25, 0.3) is 132 Å². The van der Waals surface area contributed by atoms with Crippen molar-refractivity contribution in [2.45, 2.75) is 47.0 Å². The van der Waals surface area contributed by atoms with E-state index in [1.807, 2.05) is 267 Å². The van der Waals surface area contributed by atoms with Crippen LogP contribution in [0.4, 0.5) is 0 Å². The molecule has 8 aromatic heterocycles. The van der Waals surface area contributed by atoms with Crippen molar-refractivity contribution in [3.8, 4) is 67.5 Å². The van der Waals surface area contributed by atoms with Crippen molar-refractivity contribution in [2.24, 2.45) is 0 Å². The zero-order valence-electron chi connectivity index (χ0n) is 83.7. The van der Waals surface area contributed by atoms with Gasteiger partial charge in [-0.3, -0.25) is 24.1 Å².